The quantitative estimate of drug-likeness (QED) is 0.591. The minimum Gasteiger partial charge on any atom is -0.484 e. The highest BCUT2D eigenvalue weighted by molar-refractivity contribution is 6.02. The third kappa shape index (κ3) is 5.25. The summed E-state index contributed by atoms with van der Waals surface area (Å²) in [5, 5.41) is 5.63. The molecule has 0 atom stereocenters. The van der Waals surface area contributed by atoms with Crippen LogP contribution in [0.15, 0.2) is 65.3 Å². The molecule has 4 rings (SSSR count). The van der Waals surface area contributed by atoms with Crippen LogP contribution in [0, 0.1) is 6.92 Å². The van der Waals surface area contributed by atoms with Gasteiger partial charge in [0.05, 0.1) is 6.26 Å². The number of benzene rings is 2. The van der Waals surface area contributed by atoms with Gasteiger partial charge in [-0.15, -0.1) is 0 Å². The molecule has 2 N–H and O–H groups in total. The molecule has 1 aromatic heterocycles. The van der Waals surface area contributed by atoms with E-state index < -0.39 is 0 Å². The molecule has 1 saturated heterocycles. The lowest BCUT2D eigenvalue weighted by molar-refractivity contribution is -0.118. The fourth-order valence-electron chi connectivity index (χ4n) is 3.56. The van der Waals surface area contributed by atoms with Gasteiger partial charge in [0, 0.05) is 36.2 Å². The number of furan rings is 1. The fourth-order valence-corrected chi connectivity index (χ4v) is 3.56. The van der Waals surface area contributed by atoms with Crippen molar-refractivity contribution in [3.05, 3.63) is 72.2 Å². The van der Waals surface area contributed by atoms with Crippen LogP contribution in [0.5, 0.6) is 5.75 Å². The van der Waals surface area contributed by atoms with Crippen LogP contribution in [0.1, 0.15) is 29.0 Å². The summed E-state index contributed by atoms with van der Waals surface area (Å²) in [5.41, 5.74) is 3.53. The average Bonchev–Trinajstić information content (AvgIpc) is 3.48. The van der Waals surface area contributed by atoms with Crippen molar-refractivity contribution in [1.29, 1.82) is 0 Å². The maximum absolute atomic E-state index is 12.4. The second-order valence-electron chi connectivity index (χ2n) is 7.49. The Hall–Kier alpha value is -3.74. The highest BCUT2D eigenvalue weighted by Gasteiger charge is 2.14. The van der Waals surface area contributed by atoms with Crippen LogP contribution in [-0.2, 0) is 4.79 Å². The van der Waals surface area contributed by atoms with E-state index in [-0.39, 0.29) is 24.2 Å². The standard InChI is InChI=1S/C24H25N3O4/c1-17-14-19(27-11-2-3-12-27)9-10-21(17)26-23(28)16-31-20-7-4-6-18(15-20)25-24(29)22-8-5-13-30-22/h4-10,13-15H,2-3,11-12,16H2,1H3,(H,25,29)(H,26,28). The number of carbonyl (C=O) groups excluding carboxylic acids is 2. The van der Waals surface area contributed by atoms with Crippen LogP contribution in [0.2, 0.25) is 0 Å². The number of anilines is 3. The lowest BCUT2D eigenvalue weighted by Crippen LogP contribution is -2.21. The minimum absolute atomic E-state index is 0.136. The van der Waals surface area contributed by atoms with Gasteiger partial charge in [0.15, 0.2) is 12.4 Å². The Morgan fingerprint density at radius 2 is 1.87 bits per heavy atom. The van der Waals surface area contributed by atoms with Gasteiger partial charge < -0.3 is 24.7 Å². The van der Waals surface area contributed by atoms with Crippen LogP contribution in [0.3, 0.4) is 0 Å². The van der Waals surface area contributed by atoms with Gasteiger partial charge in [-0.3, -0.25) is 9.59 Å². The van der Waals surface area contributed by atoms with E-state index in [9.17, 15) is 9.59 Å². The molecule has 2 amide bonds. The first-order chi connectivity index (χ1) is 15.1. The van der Waals surface area contributed by atoms with Gasteiger partial charge in [0.25, 0.3) is 11.8 Å². The number of nitrogens with one attached hydrogen (secondary N) is 2. The van der Waals surface area contributed by atoms with E-state index in [0.29, 0.717) is 11.4 Å². The van der Waals surface area contributed by atoms with Crippen molar-refractivity contribution in [3.8, 4) is 5.75 Å². The molecule has 1 aliphatic rings. The minimum atomic E-state index is -0.354. The third-order valence-electron chi connectivity index (χ3n) is 5.16. The van der Waals surface area contributed by atoms with Gasteiger partial charge >= 0.3 is 0 Å². The lowest BCUT2D eigenvalue weighted by Gasteiger charge is -2.19. The van der Waals surface area contributed by atoms with Crippen molar-refractivity contribution in [2.24, 2.45) is 0 Å². The van der Waals surface area contributed by atoms with Gasteiger partial charge in [0.2, 0.25) is 0 Å². The number of nitrogens with zero attached hydrogens (tertiary/aromatic N) is 1. The zero-order valence-electron chi connectivity index (χ0n) is 17.4. The van der Waals surface area contributed by atoms with Crippen molar-refractivity contribution in [3.63, 3.8) is 0 Å². The molecule has 31 heavy (non-hydrogen) atoms. The zero-order valence-corrected chi connectivity index (χ0v) is 17.4. The molecule has 0 spiro atoms. The SMILES string of the molecule is Cc1cc(N2CCCC2)ccc1NC(=O)COc1cccc(NC(=O)c2ccco2)c1. The zero-order chi connectivity index (χ0) is 21.6. The summed E-state index contributed by atoms with van der Waals surface area (Å²) in [6, 6.07) is 16.2. The molecule has 7 heteroatoms. The Bertz CT molecular complexity index is 1060. The molecule has 0 aliphatic carbocycles. The van der Waals surface area contributed by atoms with E-state index in [2.05, 4.69) is 21.6 Å². The van der Waals surface area contributed by atoms with Crippen molar-refractivity contribution in [2.75, 3.05) is 35.2 Å². The number of carbonyl (C=O) groups is 2. The van der Waals surface area contributed by atoms with Crippen molar-refractivity contribution >= 4 is 28.9 Å². The first kappa shape index (κ1) is 20.5. The van der Waals surface area contributed by atoms with Crippen LogP contribution < -0.4 is 20.3 Å². The summed E-state index contributed by atoms with van der Waals surface area (Å²) in [6.07, 6.45) is 3.89. The maximum atomic E-state index is 12.4. The van der Waals surface area contributed by atoms with E-state index >= 15 is 0 Å². The fraction of sp³-hybridized carbons (Fsp3) is 0.250. The number of amides is 2. The molecule has 7 nitrogen and oxygen atoms in total. The number of hydrogen-bond donors (Lipinski definition) is 2. The molecule has 1 aliphatic heterocycles. The van der Waals surface area contributed by atoms with Crippen LogP contribution in [-0.4, -0.2) is 31.5 Å². The third-order valence-corrected chi connectivity index (χ3v) is 5.16. The Morgan fingerprint density at radius 1 is 1.03 bits per heavy atom. The summed E-state index contributed by atoms with van der Waals surface area (Å²) in [6.45, 7) is 4.02. The predicted octanol–water partition coefficient (Wildman–Crippen LogP) is 4.46. The van der Waals surface area contributed by atoms with E-state index in [0.717, 1.165) is 24.3 Å². The van der Waals surface area contributed by atoms with Crippen LogP contribution in [0.4, 0.5) is 17.1 Å². The molecule has 0 radical (unpaired) electrons. The smallest absolute Gasteiger partial charge is 0.291 e. The van der Waals surface area contributed by atoms with Gasteiger partial charge in [-0.05, 0) is 67.8 Å². The summed E-state index contributed by atoms with van der Waals surface area (Å²) in [5.74, 6) is 0.0973. The topological polar surface area (TPSA) is 83.8 Å². The second-order valence-corrected chi connectivity index (χ2v) is 7.49. The molecule has 1 fully saturated rings. The molecule has 2 heterocycles. The molecule has 3 aromatic rings. The van der Waals surface area contributed by atoms with Gasteiger partial charge in [-0.25, -0.2) is 0 Å². The number of hydrogen-bond acceptors (Lipinski definition) is 5. The van der Waals surface area contributed by atoms with Gasteiger partial charge in [0.1, 0.15) is 5.75 Å². The normalized spacial score (nSPS) is 13.1. The predicted molar refractivity (Wildman–Crippen MR) is 120 cm³/mol. The van der Waals surface area contributed by atoms with Gasteiger partial charge in [-0.2, -0.15) is 0 Å². The van der Waals surface area contributed by atoms with E-state index in [1.807, 2.05) is 19.1 Å². The summed E-state index contributed by atoms with van der Waals surface area (Å²) >= 11 is 0. The van der Waals surface area contributed by atoms with Crippen LogP contribution in [0.25, 0.3) is 0 Å². The highest BCUT2D eigenvalue weighted by atomic mass is 16.5. The molecule has 0 unspecified atom stereocenters. The van der Waals surface area contributed by atoms with Crippen molar-refractivity contribution < 1.29 is 18.7 Å². The van der Waals surface area contributed by atoms with E-state index in [4.69, 9.17) is 9.15 Å². The van der Waals surface area contributed by atoms with E-state index in [1.54, 1.807) is 36.4 Å². The molecule has 160 valence electrons. The monoisotopic (exact) mass is 419 g/mol. The first-order valence-electron chi connectivity index (χ1n) is 10.3. The molecule has 0 bridgehead atoms. The van der Waals surface area contributed by atoms with Gasteiger partial charge in [-0.1, -0.05) is 6.07 Å². The summed E-state index contributed by atoms with van der Waals surface area (Å²) in [4.78, 5) is 26.8. The Kier molecular flexibility index (Phi) is 6.21. The average molecular weight is 419 g/mol. The molecule has 0 saturated carbocycles. The van der Waals surface area contributed by atoms with E-state index in [1.165, 1.54) is 24.8 Å². The molecular weight excluding hydrogens is 394 g/mol. The largest absolute Gasteiger partial charge is 0.484 e. The summed E-state index contributed by atoms with van der Waals surface area (Å²) in [7, 11) is 0. The Labute approximate surface area is 181 Å². The Morgan fingerprint density at radius 3 is 2.61 bits per heavy atom. The molecule has 2 aromatic carbocycles. The second kappa shape index (κ2) is 9.38. The highest BCUT2D eigenvalue weighted by Crippen LogP contribution is 2.25. The van der Waals surface area contributed by atoms with Crippen molar-refractivity contribution in [1.82, 2.24) is 0 Å². The Balaban J connectivity index is 1.31. The lowest BCUT2D eigenvalue weighted by atomic mass is 10.1. The molecular formula is C24H25N3O4. The van der Waals surface area contributed by atoms with Crippen molar-refractivity contribution in [2.45, 2.75) is 19.8 Å². The van der Waals surface area contributed by atoms with Crippen LogP contribution >= 0.6 is 0 Å². The number of ether oxygens (including phenoxy) is 1. The maximum Gasteiger partial charge on any atom is 0.291 e. The number of rotatable bonds is 7. The first-order valence-corrected chi connectivity index (χ1v) is 10.3. The number of aryl methyl sites for hydroxylation is 1. The summed E-state index contributed by atoms with van der Waals surface area (Å²) < 4.78 is 10.7.